The number of carbonyl (C=O) groups excluding carboxylic acids is 2. The van der Waals surface area contributed by atoms with Crippen LogP contribution in [-0.2, 0) is 16.0 Å². The fourth-order valence-electron chi connectivity index (χ4n) is 4.14. The molecule has 2 aliphatic heterocycles. The van der Waals surface area contributed by atoms with Gasteiger partial charge in [-0.25, -0.2) is 0 Å². The number of amides is 2. The SMILES string of the molecule is C=CC(=O)N1CCC(C(=O)N2CCC(O)(Cc3ccc(C)cc3)CC2)CC1. The normalized spacial score (nSPS) is 20.4. The number of nitrogens with zero attached hydrogens (tertiary/aromatic N) is 2. The molecule has 1 N–H and O–H groups in total. The van der Waals surface area contributed by atoms with Gasteiger partial charge in [-0.3, -0.25) is 9.59 Å². The van der Waals surface area contributed by atoms with E-state index in [1.54, 1.807) is 4.90 Å². The lowest BCUT2D eigenvalue weighted by molar-refractivity contribution is -0.143. The van der Waals surface area contributed by atoms with Gasteiger partial charge in [0.25, 0.3) is 0 Å². The summed E-state index contributed by atoms with van der Waals surface area (Å²) in [6.45, 7) is 8.02. The fourth-order valence-corrected chi connectivity index (χ4v) is 4.14. The Hall–Kier alpha value is -2.14. The molecule has 146 valence electrons. The summed E-state index contributed by atoms with van der Waals surface area (Å²) in [5.74, 6) is 0.111. The zero-order valence-electron chi connectivity index (χ0n) is 16.2. The van der Waals surface area contributed by atoms with Crippen LogP contribution in [0.5, 0.6) is 0 Å². The number of benzene rings is 1. The van der Waals surface area contributed by atoms with Gasteiger partial charge in [-0.05, 0) is 44.2 Å². The van der Waals surface area contributed by atoms with Crippen LogP contribution in [0.25, 0.3) is 0 Å². The van der Waals surface area contributed by atoms with Gasteiger partial charge in [-0.15, -0.1) is 0 Å². The van der Waals surface area contributed by atoms with Crippen LogP contribution in [0, 0.1) is 12.8 Å². The van der Waals surface area contributed by atoms with Crippen LogP contribution in [0.4, 0.5) is 0 Å². The molecule has 2 fully saturated rings. The molecule has 3 rings (SSSR count). The van der Waals surface area contributed by atoms with Crippen molar-refractivity contribution in [2.45, 2.75) is 44.6 Å². The highest BCUT2D eigenvalue weighted by molar-refractivity contribution is 5.87. The van der Waals surface area contributed by atoms with Gasteiger partial charge in [0, 0.05) is 38.5 Å². The van der Waals surface area contributed by atoms with Gasteiger partial charge in [0.05, 0.1) is 5.60 Å². The Bertz CT molecular complexity index is 682. The van der Waals surface area contributed by atoms with E-state index in [9.17, 15) is 14.7 Å². The van der Waals surface area contributed by atoms with E-state index < -0.39 is 5.60 Å². The molecule has 0 saturated carbocycles. The van der Waals surface area contributed by atoms with Crippen molar-refractivity contribution in [3.63, 3.8) is 0 Å². The lowest BCUT2D eigenvalue weighted by Gasteiger charge is -2.40. The van der Waals surface area contributed by atoms with Crippen molar-refractivity contribution < 1.29 is 14.7 Å². The molecular weight excluding hydrogens is 340 g/mol. The van der Waals surface area contributed by atoms with E-state index in [1.807, 2.05) is 4.90 Å². The van der Waals surface area contributed by atoms with E-state index in [0.29, 0.717) is 58.3 Å². The molecule has 2 saturated heterocycles. The van der Waals surface area contributed by atoms with Gasteiger partial charge >= 0.3 is 0 Å². The van der Waals surface area contributed by atoms with Crippen molar-refractivity contribution in [2.24, 2.45) is 5.92 Å². The number of hydrogen-bond acceptors (Lipinski definition) is 3. The molecule has 2 aliphatic rings. The molecule has 0 atom stereocenters. The average Bonchev–Trinajstić information content (AvgIpc) is 2.69. The first-order chi connectivity index (χ1) is 12.9. The van der Waals surface area contributed by atoms with Crippen molar-refractivity contribution in [1.29, 1.82) is 0 Å². The van der Waals surface area contributed by atoms with Gasteiger partial charge in [0.1, 0.15) is 0 Å². The number of aryl methyl sites for hydroxylation is 1. The van der Waals surface area contributed by atoms with Crippen molar-refractivity contribution in [2.75, 3.05) is 26.2 Å². The summed E-state index contributed by atoms with van der Waals surface area (Å²) in [5, 5.41) is 10.9. The summed E-state index contributed by atoms with van der Waals surface area (Å²) in [6, 6.07) is 8.29. The molecule has 1 aromatic carbocycles. The van der Waals surface area contributed by atoms with Crippen LogP contribution in [0.3, 0.4) is 0 Å². The maximum absolute atomic E-state index is 12.8. The highest BCUT2D eigenvalue weighted by atomic mass is 16.3. The minimum Gasteiger partial charge on any atom is -0.389 e. The number of carbonyl (C=O) groups is 2. The van der Waals surface area contributed by atoms with E-state index >= 15 is 0 Å². The van der Waals surface area contributed by atoms with Crippen molar-refractivity contribution in [1.82, 2.24) is 9.80 Å². The molecule has 0 spiro atoms. The molecule has 0 radical (unpaired) electrons. The maximum Gasteiger partial charge on any atom is 0.245 e. The highest BCUT2D eigenvalue weighted by Crippen LogP contribution is 2.29. The Morgan fingerprint density at radius 1 is 1.11 bits per heavy atom. The summed E-state index contributed by atoms with van der Waals surface area (Å²) in [6.07, 6.45) is 4.62. The van der Waals surface area contributed by atoms with Crippen molar-refractivity contribution in [3.8, 4) is 0 Å². The lowest BCUT2D eigenvalue weighted by Crippen LogP contribution is -2.50. The third kappa shape index (κ3) is 4.78. The van der Waals surface area contributed by atoms with Crippen LogP contribution < -0.4 is 0 Å². The first kappa shape index (κ1) is 19.6. The van der Waals surface area contributed by atoms with Gasteiger partial charge in [-0.2, -0.15) is 0 Å². The lowest BCUT2D eigenvalue weighted by atomic mass is 9.84. The predicted molar refractivity (Wildman–Crippen MR) is 105 cm³/mol. The number of piperidine rings is 2. The second-order valence-electron chi connectivity index (χ2n) is 8.02. The van der Waals surface area contributed by atoms with Crippen LogP contribution in [0.2, 0.25) is 0 Å². The van der Waals surface area contributed by atoms with E-state index in [-0.39, 0.29) is 17.7 Å². The monoisotopic (exact) mass is 370 g/mol. The second kappa shape index (κ2) is 8.26. The van der Waals surface area contributed by atoms with Crippen LogP contribution in [-0.4, -0.2) is 58.5 Å². The maximum atomic E-state index is 12.8. The van der Waals surface area contributed by atoms with Crippen LogP contribution in [0.1, 0.15) is 36.8 Å². The van der Waals surface area contributed by atoms with Gasteiger partial charge < -0.3 is 14.9 Å². The molecular formula is C22H30N2O3. The van der Waals surface area contributed by atoms with Crippen molar-refractivity contribution in [3.05, 3.63) is 48.0 Å². The first-order valence-corrected chi connectivity index (χ1v) is 9.88. The Morgan fingerprint density at radius 3 is 2.26 bits per heavy atom. The summed E-state index contributed by atoms with van der Waals surface area (Å²) >= 11 is 0. The number of rotatable bonds is 4. The average molecular weight is 370 g/mol. The van der Waals surface area contributed by atoms with Gasteiger partial charge in [0.2, 0.25) is 11.8 Å². The molecule has 0 aliphatic carbocycles. The Kier molecular flexibility index (Phi) is 6.00. The Labute approximate surface area is 161 Å². The summed E-state index contributed by atoms with van der Waals surface area (Å²) < 4.78 is 0. The predicted octanol–water partition coefficient (Wildman–Crippen LogP) is 2.32. The summed E-state index contributed by atoms with van der Waals surface area (Å²) in [4.78, 5) is 28.2. The molecule has 5 nitrogen and oxygen atoms in total. The smallest absolute Gasteiger partial charge is 0.245 e. The molecule has 0 unspecified atom stereocenters. The fraction of sp³-hybridized carbons (Fsp3) is 0.545. The minimum absolute atomic E-state index is 0.0119. The van der Waals surface area contributed by atoms with E-state index in [2.05, 4.69) is 37.8 Å². The molecule has 2 amide bonds. The Balaban J connectivity index is 1.50. The van der Waals surface area contributed by atoms with E-state index in [4.69, 9.17) is 0 Å². The molecule has 27 heavy (non-hydrogen) atoms. The summed E-state index contributed by atoms with van der Waals surface area (Å²) in [5.41, 5.74) is 1.63. The number of aliphatic hydroxyl groups is 1. The van der Waals surface area contributed by atoms with E-state index in [1.165, 1.54) is 11.6 Å². The third-order valence-corrected chi connectivity index (χ3v) is 5.99. The molecule has 5 heteroatoms. The van der Waals surface area contributed by atoms with E-state index in [0.717, 1.165) is 5.56 Å². The zero-order valence-corrected chi connectivity index (χ0v) is 16.2. The molecule has 0 aromatic heterocycles. The number of likely N-dealkylation sites (tertiary alicyclic amines) is 2. The first-order valence-electron chi connectivity index (χ1n) is 9.88. The zero-order chi connectivity index (χ0) is 19.4. The van der Waals surface area contributed by atoms with Crippen LogP contribution >= 0.6 is 0 Å². The summed E-state index contributed by atoms with van der Waals surface area (Å²) in [7, 11) is 0. The standard InChI is InChI=1S/C22H30N2O3/c1-3-20(25)23-12-8-19(9-13-23)21(26)24-14-10-22(27,11-15-24)16-18-6-4-17(2)5-7-18/h3-7,19,27H,1,8-16H2,2H3. The largest absolute Gasteiger partial charge is 0.389 e. The molecule has 0 bridgehead atoms. The highest BCUT2D eigenvalue weighted by Gasteiger charge is 2.36. The minimum atomic E-state index is -0.730. The van der Waals surface area contributed by atoms with Crippen LogP contribution in [0.15, 0.2) is 36.9 Å². The third-order valence-electron chi connectivity index (χ3n) is 5.99. The molecule has 1 aromatic rings. The molecule has 2 heterocycles. The second-order valence-corrected chi connectivity index (χ2v) is 8.02. The quantitative estimate of drug-likeness (QED) is 0.828. The van der Waals surface area contributed by atoms with Gasteiger partial charge in [0.15, 0.2) is 0 Å². The topological polar surface area (TPSA) is 60.9 Å². The van der Waals surface area contributed by atoms with Gasteiger partial charge in [-0.1, -0.05) is 36.4 Å². The number of hydrogen-bond donors (Lipinski definition) is 1. The Morgan fingerprint density at radius 2 is 1.70 bits per heavy atom. The van der Waals surface area contributed by atoms with Crippen molar-refractivity contribution >= 4 is 11.8 Å².